The van der Waals surface area contributed by atoms with Crippen LogP contribution in [0.1, 0.15) is 41.8 Å². The molecule has 0 aromatic heterocycles. The van der Waals surface area contributed by atoms with E-state index < -0.39 is 12.0 Å². The zero-order chi connectivity index (χ0) is 16.2. The van der Waals surface area contributed by atoms with Gasteiger partial charge in [-0.1, -0.05) is 13.8 Å². The van der Waals surface area contributed by atoms with Crippen LogP contribution in [0.15, 0.2) is 12.1 Å². The van der Waals surface area contributed by atoms with Crippen LogP contribution in [0.25, 0.3) is 0 Å². The molecule has 5 heteroatoms. The van der Waals surface area contributed by atoms with Crippen molar-refractivity contribution in [1.29, 1.82) is 0 Å². The van der Waals surface area contributed by atoms with E-state index in [9.17, 15) is 9.59 Å². The van der Waals surface area contributed by atoms with Crippen molar-refractivity contribution in [2.24, 2.45) is 5.92 Å². The number of aryl methyl sites for hydroxylation is 2. The minimum atomic E-state index is -0.638. The number of hydrogen-bond acceptors (Lipinski definition) is 4. The molecule has 1 amide bonds. The summed E-state index contributed by atoms with van der Waals surface area (Å²) in [6, 6.07) is 2.81. The number of amides is 1. The molecule has 1 aromatic rings. The molecule has 1 aromatic carbocycles. The molecule has 0 aliphatic heterocycles. The molecule has 0 aliphatic carbocycles. The lowest BCUT2D eigenvalue weighted by Crippen LogP contribution is -2.42. The highest BCUT2D eigenvalue weighted by Crippen LogP contribution is 2.19. The van der Waals surface area contributed by atoms with E-state index in [-0.39, 0.29) is 11.8 Å². The van der Waals surface area contributed by atoms with Crippen LogP contribution >= 0.6 is 0 Å². The molecule has 3 N–H and O–H groups in total. The average molecular weight is 292 g/mol. The molecule has 0 heterocycles. The summed E-state index contributed by atoms with van der Waals surface area (Å²) in [5.74, 6) is -0.456. The highest BCUT2D eigenvalue weighted by atomic mass is 16.5. The van der Waals surface area contributed by atoms with Crippen molar-refractivity contribution in [1.82, 2.24) is 5.32 Å². The molecule has 0 aliphatic rings. The van der Waals surface area contributed by atoms with Crippen LogP contribution in [-0.2, 0) is 9.53 Å². The number of carbonyl (C=O) groups excluding carboxylic acids is 2. The second kappa shape index (κ2) is 7.11. The normalized spacial score (nSPS) is 12.1. The fraction of sp³-hybridized carbons (Fsp3) is 0.500. The van der Waals surface area contributed by atoms with Crippen molar-refractivity contribution in [3.8, 4) is 0 Å². The zero-order valence-corrected chi connectivity index (χ0v) is 13.3. The van der Waals surface area contributed by atoms with Gasteiger partial charge in [0.05, 0.1) is 7.11 Å². The Morgan fingerprint density at radius 1 is 1.24 bits per heavy atom. The van der Waals surface area contributed by atoms with Gasteiger partial charge in [0.2, 0.25) is 0 Å². The first-order valence-corrected chi connectivity index (χ1v) is 7.01. The van der Waals surface area contributed by atoms with Gasteiger partial charge in [-0.15, -0.1) is 0 Å². The molecule has 0 fully saturated rings. The summed E-state index contributed by atoms with van der Waals surface area (Å²) in [5.41, 5.74) is 8.75. The molecule has 5 nitrogen and oxygen atoms in total. The Kier molecular flexibility index (Phi) is 5.76. The van der Waals surface area contributed by atoms with Crippen LogP contribution in [0.2, 0.25) is 0 Å². The molecule has 21 heavy (non-hydrogen) atoms. The van der Waals surface area contributed by atoms with Crippen molar-refractivity contribution in [2.45, 2.75) is 40.2 Å². The standard InChI is InChI=1S/C16H24N2O3/c1-9(2)6-13(16(20)21-5)18-15(19)12-7-10(3)14(17)11(4)8-12/h7-9,13H,6,17H2,1-5H3,(H,18,19). The van der Waals surface area contributed by atoms with E-state index >= 15 is 0 Å². The summed E-state index contributed by atoms with van der Waals surface area (Å²) in [6.45, 7) is 7.68. The lowest BCUT2D eigenvalue weighted by molar-refractivity contribution is -0.143. The van der Waals surface area contributed by atoms with E-state index in [1.807, 2.05) is 27.7 Å². The summed E-state index contributed by atoms with van der Waals surface area (Å²) in [7, 11) is 1.32. The highest BCUT2D eigenvalue weighted by Gasteiger charge is 2.23. The number of carbonyl (C=O) groups is 2. The van der Waals surface area contributed by atoms with E-state index in [2.05, 4.69) is 5.32 Å². The van der Waals surface area contributed by atoms with Crippen LogP contribution in [0.3, 0.4) is 0 Å². The van der Waals surface area contributed by atoms with Crippen molar-refractivity contribution in [3.63, 3.8) is 0 Å². The Hall–Kier alpha value is -2.04. The fourth-order valence-electron chi connectivity index (χ4n) is 2.18. The first-order chi connectivity index (χ1) is 9.76. The summed E-state index contributed by atoms with van der Waals surface area (Å²) in [4.78, 5) is 24.1. The summed E-state index contributed by atoms with van der Waals surface area (Å²) in [5, 5.41) is 2.73. The molecule has 0 radical (unpaired) electrons. The van der Waals surface area contributed by atoms with Gasteiger partial charge in [-0.25, -0.2) is 4.79 Å². The smallest absolute Gasteiger partial charge is 0.328 e. The highest BCUT2D eigenvalue weighted by molar-refractivity contribution is 5.97. The molecule has 1 atom stereocenters. The number of methoxy groups -OCH3 is 1. The minimum Gasteiger partial charge on any atom is -0.467 e. The van der Waals surface area contributed by atoms with E-state index in [0.717, 1.165) is 11.1 Å². The second-order valence-electron chi connectivity index (χ2n) is 5.70. The fourth-order valence-corrected chi connectivity index (χ4v) is 2.18. The number of nitrogen functional groups attached to an aromatic ring is 1. The Morgan fingerprint density at radius 2 is 1.76 bits per heavy atom. The molecule has 0 bridgehead atoms. The maximum atomic E-state index is 12.3. The molecule has 116 valence electrons. The minimum absolute atomic E-state index is 0.268. The van der Waals surface area contributed by atoms with Crippen molar-refractivity contribution >= 4 is 17.6 Å². The van der Waals surface area contributed by atoms with Crippen LogP contribution in [0, 0.1) is 19.8 Å². The maximum Gasteiger partial charge on any atom is 0.328 e. The van der Waals surface area contributed by atoms with Crippen LogP contribution in [0.5, 0.6) is 0 Å². The number of ether oxygens (including phenoxy) is 1. The lowest BCUT2D eigenvalue weighted by Gasteiger charge is -2.19. The van der Waals surface area contributed by atoms with Crippen LogP contribution < -0.4 is 11.1 Å². The summed E-state index contributed by atoms with van der Waals surface area (Å²) in [6.07, 6.45) is 0.533. The Balaban J connectivity index is 2.94. The molecular weight excluding hydrogens is 268 g/mol. The van der Waals surface area contributed by atoms with Crippen molar-refractivity contribution in [2.75, 3.05) is 12.8 Å². The third kappa shape index (κ3) is 4.48. The first kappa shape index (κ1) is 17.0. The second-order valence-corrected chi connectivity index (χ2v) is 5.70. The number of nitrogens with one attached hydrogen (secondary N) is 1. The number of benzene rings is 1. The Bertz CT molecular complexity index is 515. The monoisotopic (exact) mass is 292 g/mol. The number of anilines is 1. The quantitative estimate of drug-likeness (QED) is 0.644. The van der Waals surface area contributed by atoms with Gasteiger partial charge in [0.15, 0.2) is 0 Å². The number of esters is 1. The predicted octanol–water partition coefficient (Wildman–Crippen LogP) is 2.20. The third-order valence-electron chi connectivity index (χ3n) is 3.35. The van der Waals surface area contributed by atoms with Gasteiger partial charge in [-0.05, 0) is 49.4 Å². The molecule has 0 spiro atoms. The van der Waals surface area contributed by atoms with Gasteiger partial charge in [0.1, 0.15) is 6.04 Å². The van der Waals surface area contributed by atoms with E-state index in [0.29, 0.717) is 17.7 Å². The number of hydrogen-bond donors (Lipinski definition) is 2. The van der Waals surface area contributed by atoms with Gasteiger partial charge >= 0.3 is 5.97 Å². The lowest BCUT2D eigenvalue weighted by atomic mass is 10.0. The third-order valence-corrected chi connectivity index (χ3v) is 3.35. The molecule has 0 saturated heterocycles. The van der Waals surface area contributed by atoms with E-state index in [4.69, 9.17) is 10.5 Å². The Labute approximate surface area is 125 Å². The zero-order valence-electron chi connectivity index (χ0n) is 13.3. The average Bonchev–Trinajstić information content (AvgIpc) is 2.41. The summed E-state index contributed by atoms with van der Waals surface area (Å²) < 4.78 is 4.74. The van der Waals surface area contributed by atoms with E-state index in [1.165, 1.54) is 7.11 Å². The van der Waals surface area contributed by atoms with Crippen molar-refractivity contribution in [3.05, 3.63) is 28.8 Å². The summed E-state index contributed by atoms with van der Waals surface area (Å²) >= 11 is 0. The van der Waals surface area contributed by atoms with Gasteiger partial charge in [0, 0.05) is 11.3 Å². The maximum absolute atomic E-state index is 12.3. The number of nitrogens with two attached hydrogens (primary N) is 1. The Morgan fingerprint density at radius 3 is 2.19 bits per heavy atom. The predicted molar refractivity (Wildman–Crippen MR) is 83.1 cm³/mol. The van der Waals surface area contributed by atoms with Crippen LogP contribution in [-0.4, -0.2) is 25.0 Å². The number of rotatable bonds is 5. The molecule has 1 rings (SSSR count). The van der Waals surface area contributed by atoms with Crippen molar-refractivity contribution < 1.29 is 14.3 Å². The molecular formula is C16H24N2O3. The SMILES string of the molecule is COC(=O)C(CC(C)C)NC(=O)c1cc(C)c(N)c(C)c1. The molecule has 0 saturated carbocycles. The van der Waals surface area contributed by atoms with Crippen LogP contribution in [0.4, 0.5) is 5.69 Å². The topological polar surface area (TPSA) is 81.4 Å². The first-order valence-electron chi connectivity index (χ1n) is 7.01. The van der Waals surface area contributed by atoms with Gasteiger partial charge in [-0.2, -0.15) is 0 Å². The van der Waals surface area contributed by atoms with Gasteiger partial charge in [0.25, 0.3) is 5.91 Å². The van der Waals surface area contributed by atoms with E-state index in [1.54, 1.807) is 12.1 Å². The largest absolute Gasteiger partial charge is 0.467 e. The molecule has 1 unspecified atom stereocenters. The van der Waals surface area contributed by atoms with Gasteiger partial charge < -0.3 is 15.8 Å². The van der Waals surface area contributed by atoms with Gasteiger partial charge in [-0.3, -0.25) is 4.79 Å².